The van der Waals surface area contributed by atoms with Crippen molar-refractivity contribution in [2.45, 2.75) is 25.9 Å². The van der Waals surface area contributed by atoms with Crippen LogP contribution >= 0.6 is 0 Å². The number of aromatic amines is 1. The Kier molecular flexibility index (Phi) is 4.00. The van der Waals surface area contributed by atoms with Crippen LogP contribution in [0.1, 0.15) is 24.2 Å². The third kappa shape index (κ3) is 2.62. The van der Waals surface area contributed by atoms with E-state index in [0.717, 1.165) is 6.20 Å². The van der Waals surface area contributed by atoms with Gasteiger partial charge in [-0.2, -0.15) is 0 Å². The van der Waals surface area contributed by atoms with Gasteiger partial charge in [-0.3, -0.25) is 4.79 Å². The summed E-state index contributed by atoms with van der Waals surface area (Å²) in [5.41, 5.74) is -1.55. The van der Waals surface area contributed by atoms with Crippen molar-refractivity contribution in [3.05, 3.63) is 39.7 Å². The van der Waals surface area contributed by atoms with E-state index in [-0.39, 0.29) is 23.3 Å². The first kappa shape index (κ1) is 16.4. The molecule has 1 aliphatic heterocycles. The van der Waals surface area contributed by atoms with Crippen molar-refractivity contribution in [2.24, 2.45) is 0 Å². The third-order valence-electron chi connectivity index (χ3n) is 4.16. The van der Waals surface area contributed by atoms with Crippen molar-refractivity contribution >= 4 is 22.6 Å². The molecule has 1 aliphatic rings. The maximum atomic E-state index is 14.5. The van der Waals surface area contributed by atoms with E-state index in [0.29, 0.717) is 13.1 Å². The number of halogens is 2. The molecule has 1 aromatic carbocycles. The molecule has 24 heavy (non-hydrogen) atoms. The Labute approximate surface area is 136 Å². The van der Waals surface area contributed by atoms with E-state index in [4.69, 9.17) is 5.11 Å². The highest BCUT2D eigenvalue weighted by molar-refractivity contribution is 5.93. The van der Waals surface area contributed by atoms with Crippen LogP contribution in [0.4, 0.5) is 14.5 Å². The number of H-pyrrole nitrogens is 1. The quantitative estimate of drug-likeness (QED) is 0.776. The number of aromatic nitrogens is 1. The average molecular weight is 337 g/mol. The molecule has 0 amide bonds. The number of hydrogen-bond acceptors (Lipinski definition) is 4. The van der Waals surface area contributed by atoms with E-state index in [1.54, 1.807) is 4.90 Å². The fraction of sp³-hybridized carbons (Fsp3) is 0.375. The van der Waals surface area contributed by atoms with Crippen LogP contribution < -0.4 is 15.6 Å². The van der Waals surface area contributed by atoms with Crippen LogP contribution in [0.3, 0.4) is 0 Å². The minimum absolute atomic E-state index is 0.0546. The predicted octanol–water partition coefficient (Wildman–Crippen LogP) is 1.69. The van der Waals surface area contributed by atoms with E-state index in [1.807, 2.05) is 13.8 Å². The third-order valence-corrected chi connectivity index (χ3v) is 4.16. The molecule has 3 rings (SSSR count). The number of hydrogen-bond donors (Lipinski definition) is 3. The van der Waals surface area contributed by atoms with E-state index >= 15 is 0 Å². The second-order valence-electron chi connectivity index (χ2n) is 6.16. The summed E-state index contributed by atoms with van der Waals surface area (Å²) in [6.07, 6.45) is 0.997. The number of aromatic carboxylic acids is 1. The van der Waals surface area contributed by atoms with Crippen LogP contribution in [0, 0.1) is 11.6 Å². The molecule has 1 saturated heterocycles. The highest BCUT2D eigenvalue weighted by atomic mass is 19.2. The van der Waals surface area contributed by atoms with E-state index in [2.05, 4.69) is 10.3 Å². The smallest absolute Gasteiger partial charge is 0.341 e. The molecule has 2 heterocycles. The lowest BCUT2D eigenvalue weighted by molar-refractivity contribution is 0.0695. The summed E-state index contributed by atoms with van der Waals surface area (Å²) in [5.74, 6) is -3.96. The van der Waals surface area contributed by atoms with Gasteiger partial charge in [0.2, 0.25) is 5.43 Å². The molecule has 0 radical (unpaired) electrons. The van der Waals surface area contributed by atoms with Crippen molar-refractivity contribution in [1.82, 2.24) is 10.3 Å². The Bertz CT molecular complexity index is 871. The SMILES string of the molecule is C[C@@H]1CN(c2cc3[nH]cc(C(=O)O)c(=O)c3c(F)c2F)C[C@H](C)N1. The van der Waals surface area contributed by atoms with Crippen molar-refractivity contribution in [3.8, 4) is 0 Å². The van der Waals surface area contributed by atoms with Crippen LogP contribution in [-0.4, -0.2) is 41.2 Å². The molecule has 0 bridgehead atoms. The zero-order chi connectivity index (χ0) is 17.6. The lowest BCUT2D eigenvalue weighted by Gasteiger charge is -2.37. The molecule has 0 spiro atoms. The van der Waals surface area contributed by atoms with Gasteiger partial charge in [-0.1, -0.05) is 0 Å². The Morgan fingerprint density at radius 1 is 1.25 bits per heavy atom. The summed E-state index contributed by atoms with van der Waals surface area (Å²) >= 11 is 0. The summed E-state index contributed by atoms with van der Waals surface area (Å²) < 4.78 is 29.0. The topological polar surface area (TPSA) is 85.4 Å². The van der Waals surface area contributed by atoms with Gasteiger partial charge >= 0.3 is 5.97 Å². The Balaban J connectivity index is 2.19. The molecule has 2 aromatic rings. The van der Waals surface area contributed by atoms with Crippen molar-refractivity contribution in [3.63, 3.8) is 0 Å². The predicted molar refractivity (Wildman–Crippen MR) is 85.7 cm³/mol. The van der Waals surface area contributed by atoms with Crippen LogP contribution in [0.2, 0.25) is 0 Å². The first-order valence-corrected chi connectivity index (χ1v) is 7.57. The zero-order valence-corrected chi connectivity index (χ0v) is 13.2. The van der Waals surface area contributed by atoms with Crippen LogP contribution in [0.5, 0.6) is 0 Å². The Morgan fingerprint density at radius 3 is 2.46 bits per heavy atom. The van der Waals surface area contributed by atoms with Gasteiger partial charge in [0.05, 0.1) is 16.6 Å². The molecule has 0 saturated carbocycles. The van der Waals surface area contributed by atoms with Gasteiger partial charge in [-0.05, 0) is 19.9 Å². The minimum Gasteiger partial charge on any atom is -0.477 e. The first-order valence-electron chi connectivity index (χ1n) is 7.57. The summed E-state index contributed by atoms with van der Waals surface area (Å²) in [6, 6.07) is 1.55. The van der Waals surface area contributed by atoms with Crippen molar-refractivity contribution in [1.29, 1.82) is 0 Å². The molecule has 8 heteroatoms. The summed E-state index contributed by atoms with van der Waals surface area (Å²) in [7, 11) is 0. The van der Waals surface area contributed by atoms with Gasteiger partial charge in [0.1, 0.15) is 5.56 Å². The number of carboxylic acids is 1. The molecule has 2 atom stereocenters. The normalized spacial score (nSPS) is 21.2. The molecule has 6 nitrogen and oxygen atoms in total. The lowest BCUT2D eigenvalue weighted by atomic mass is 10.1. The first-order chi connectivity index (χ1) is 11.3. The second kappa shape index (κ2) is 5.86. The minimum atomic E-state index is -1.49. The molecule has 128 valence electrons. The standard InChI is InChI=1S/C16H17F2N3O3/c1-7-5-21(6-8(2)20-7)11-3-10-12(14(18)13(11)17)15(22)9(4-19-10)16(23)24/h3-4,7-8,20H,5-6H2,1-2H3,(H,19,22)(H,23,24)/t7-,8+. The van der Waals surface area contributed by atoms with Crippen LogP contribution in [0.25, 0.3) is 10.9 Å². The van der Waals surface area contributed by atoms with Gasteiger partial charge in [-0.15, -0.1) is 0 Å². The largest absolute Gasteiger partial charge is 0.477 e. The van der Waals surface area contributed by atoms with Gasteiger partial charge < -0.3 is 20.3 Å². The highest BCUT2D eigenvalue weighted by Gasteiger charge is 2.27. The number of piperazine rings is 1. The number of carboxylic acid groups (broad SMARTS) is 1. The summed E-state index contributed by atoms with van der Waals surface area (Å²) in [6.45, 7) is 4.87. The van der Waals surface area contributed by atoms with E-state index < -0.39 is 34.0 Å². The molecule has 0 unspecified atom stereocenters. The summed E-state index contributed by atoms with van der Waals surface area (Å²) in [4.78, 5) is 27.4. The molecule has 1 fully saturated rings. The molecule has 1 aromatic heterocycles. The number of rotatable bonds is 2. The average Bonchev–Trinajstić information content (AvgIpc) is 2.49. The molecular weight excluding hydrogens is 320 g/mol. The maximum absolute atomic E-state index is 14.5. The van der Waals surface area contributed by atoms with Crippen molar-refractivity contribution < 1.29 is 18.7 Å². The van der Waals surface area contributed by atoms with Crippen molar-refractivity contribution in [2.75, 3.05) is 18.0 Å². The van der Waals surface area contributed by atoms with Gasteiger partial charge in [0, 0.05) is 31.4 Å². The zero-order valence-electron chi connectivity index (χ0n) is 13.2. The molecule has 3 N–H and O–H groups in total. The fourth-order valence-electron chi connectivity index (χ4n) is 3.21. The number of benzene rings is 1. The number of anilines is 1. The molecular formula is C16H17F2N3O3. The summed E-state index contributed by atoms with van der Waals surface area (Å²) in [5, 5.41) is 11.7. The van der Waals surface area contributed by atoms with E-state index in [1.165, 1.54) is 6.07 Å². The number of carbonyl (C=O) groups is 1. The number of pyridine rings is 1. The highest BCUT2D eigenvalue weighted by Crippen LogP contribution is 2.28. The van der Waals surface area contributed by atoms with Crippen LogP contribution in [0.15, 0.2) is 17.1 Å². The Hall–Kier alpha value is -2.48. The lowest BCUT2D eigenvalue weighted by Crippen LogP contribution is -2.54. The maximum Gasteiger partial charge on any atom is 0.341 e. The van der Waals surface area contributed by atoms with Gasteiger partial charge in [-0.25, -0.2) is 13.6 Å². The van der Waals surface area contributed by atoms with Crippen LogP contribution in [-0.2, 0) is 0 Å². The fourth-order valence-corrected chi connectivity index (χ4v) is 3.21. The number of fused-ring (bicyclic) bond motifs is 1. The number of nitrogens with one attached hydrogen (secondary N) is 2. The number of nitrogens with zero attached hydrogens (tertiary/aromatic N) is 1. The monoisotopic (exact) mass is 337 g/mol. The molecule has 0 aliphatic carbocycles. The van der Waals surface area contributed by atoms with E-state index in [9.17, 15) is 18.4 Å². The Morgan fingerprint density at radius 2 is 1.88 bits per heavy atom. The van der Waals surface area contributed by atoms with Gasteiger partial charge in [0.25, 0.3) is 0 Å². The second-order valence-corrected chi connectivity index (χ2v) is 6.16. The van der Waals surface area contributed by atoms with Gasteiger partial charge in [0.15, 0.2) is 11.6 Å².